The lowest BCUT2D eigenvalue weighted by atomic mass is 10.0. The third-order valence-electron chi connectivity index (χ3n) is 5.08. The quantitative estimate of drug-likeness (QED) is 0.768. The zero-order valence-corrected chi connectivity index (χ0v) is 16.2. The van der Waals surface area contributed by atoms with E-state index in [1.807, 2.05) is 49.4 Å². The Hall–Kier alpha value is -2.69. The Bertz CT molecular complexity index is 768. The summed E-state index contributed by atoms with van der Waals surface area (Å²) in [6, 6.07) is 13.7. The number of carbonyl (C=O) groups excluding carboxylic acids is 1. The normalized spacial score (nSPS) is 15.2. The van der Waals surface area contributed by atoms with Gasteiger partial charge in [-0.1, -0.05) is 25.0 Å². The monoisotopic (exact) mass is 368 g/mol. The van der Waals surface area contributed by atoms with Gasteiger partial charge in [0.15, 0.2) is 0 Å². The number of amides is 1. The Morgan fingerprint density at radius 3 is 2.37 bits per heavy atom. The number of carbonyl (C=O) groups is 1. The van der Waals surface area contributed by atoms with E-state index >= 15 is 0 Å². The van der Waals surface area contributed by atoms with Gasteiger partial charge < -0.3 is 20.1 Å². The fraction of sp³-hybridized carbons (Fsp3) is 0.409. The van der Waals surface area contributed by atoms with Crippen LogP contribution in [0, 0.1) is 0 Å². The standard InChI is InChI=1S/C22H28N2O3/c1-15(22(25)24-17-6-4-5-7-17)23-18-10-13-21(27-3)20(14-18)16-8-11-19(26-2)12-9-16/h8-15,17,23H,4-7H2,1-3H3,(H,24,25)/t15-/m0/s1. The summed E-state index contributed by atoms with van der Waals surface area (Å²) in [5.74, 6) is 1.64. The fourth-order valence-electron chi connectivity index (χ4n) is 3.51. The van der Waals surface area contributed by atoms with Gasteiger partial charge in [-0.05, 0) is 55.7 Å². The minimum absolute atomic E-state index is 0.0451. The molecular weight excluding hydrogens is 340 g/mol. The summed E-state index contributed by atoms with van der Waals surface area (Å²) in [6.07, 6.45) is 4.58. The summed E-state index contributed by atoms with van der Waals surface area (Å²) in [5, 5.41) is 6.45. The van der Waals surface area contributed by atoms with Gasteiger partial charge in [-0.25, -0.2) is 0 Å². The number of ether oxygens (including phenoxy) is 2. The SMILES string of the molecule is COc1ccc(-c2cc(N[C@@H](C)C(=O)NC3CCCC3)ccc2OC)cc1. The summed E-state index contributed by atoms with van der Waals surface area (Å²) in [4.78, 5) is 12.4. The summed E-state index contributed by atoms with van der Waals surface area (Å²) >= 11 is 0. The van der Waals surface area contributed by atoms with E-state index in [0.717, 1.165) is 41.2 Å². The van der Waals surface area contributed by atoms with E-state index < -0.39 is 0 Å². The maximum atomic E-state index is 12.4. The van der Waals surface area contributed by atoms with E-state index in [0.29, 0.717) is 6.04 Å². The van der Waals surface area contributed by atoms with E-state index in [1.165, 1.54) is 12.8 Å². The molecule has 3 rings (SSSR count). The molecular formula is C22H28N2O3. The van der Waals surface area contributed by atoms with Gasteiger partial charge in [0.1, 0.15) is 17.5 Å². The van der Waals surface area contributed by atoms with Gasteiger partial charge in [-0.3, -0.25) is 4.79 Å². The van der Waals surface area contributed by atoms with Gasteiger partial charge >= 0.3 is 0 Å². The van der Waals surface area contributed by atoms with E-state index in [-0.39, 0.29) is 11.9 Å². The number of nitrogens with one attached hydrogen (secondary N) is 2. The molecule has 0 spiro atoms. The number of anilines is 1. The second-order valence-corrected chi connectivity index (χ2v) is 7.00. The van der Waals surface area contributed by atoms with Crippen LogP contribution in [0.25, 0.3) is 11.1 Å². The number of benzene rings is 2. The minimum Gasteiger partial charge on any atom is -0.497 e. The van der Waals surface area contributed by atoms with E-state index in [4.69, 9.17) is 9.47 Å². The highest BCUT2D eigenvalue weighted by molar-refractivity contribution is 5.85. The molecule has 5 nitrogen and oxygen atoms in total. The van der Waals surface area contributed by atoms with E-state index in [9.17, 15) is 4.79 Å². The van der Waals surface area contributed by atoms with Crippen LogP contribution in [-0.4, -0.2) is 32.2 Å². The smallest absolute Gasteiger partial charge is 0.242 e. The summed E-state index contributed by atoms with van der Waals surface area (Å²) in [6.45, 7) is 1.89. The highest BCUT2D eigenvalue weighted by atomic mass is 16.5. The van der Waals surface area contributed by atoms with Crippen LogP contribution < -0.4 is 20.1 Å². The van der Waals surface area contributed by atoms with Crippen LogP contribution in [0.15, 0.2) is 42.5 Å². The third-order valence-corrected chi connectivity index (χ3v) is 5.08. The average molecular weight is 368 g/mol. The van der Waals surface area contributed by atoms with Crippen LogP contribution in [0.5, 0.6) is 11.5 Å². The first kappa shape index (κ1) is 19.1. The van der Waals surface area contributed by atoms with E-state index in [2.05, 4.69) is 10.6 Å². The van der Waals surface area contributed by atoms with Gasteiger partial charge in [0.05, 0.1) is 14.2 Å². The molecule has 2 N–H and O–H groups in total. The molecule has 27 heavy (non-hydrogen) atoms. The van der Waals surface area contributed by atoms with Crippen LogP contribution in [0.3, 0.4) is 0 Å². The summed E-state index contributed by atoms with van der Waals surface area (Å²) in [5.41, 5.74) is 2.88. The van der Waals surface area contributed by atoms with Crippen molar-refractivity contribution in [2.75, 3.05) is 19.5 Å². The molecule has 2 aromatic rings. The lowest BCUT2D eigenvalue weighted by molar-refractivity contribution is -0.122. The molecule has 2 aromatic carbocycles. The highest BCUT2D eigenvalue weighted by Gasteiger charge is 2.20. The molecule has 0 saturated heterocycles. The van der Waals surface area contributed by atoms with Crippen molar-refractivity contribution >= 4 is 11.6 Å². The third kappa shape index (κ3) is 4.73. The van der Waals surface area contributed by atoms with Crippen molar-refractivity contribution < 1.29 is 14.3 Å². The van der Waals surface area contributed by atoms with Crippen molar-refractivity contribution in [1.29, 1.82) is 0 Å². The van der Waals surface area contributed by atoms with Gasteiger partial charge in [0.25, 0.3) is 0 Å². The van der Waals surface area contributed by atoms with Crippen LogP contribution >= 0.6 is 0 Å². The number of hydrogen-bond donors (Lipinski definition) is 2. The van der Waals surface area contributed by atoms with E-state index in [1.54, 1.807) is 14.2 Å². The molecule has 0 radical (unpaired) electrons. The summed E-state index contributed by atoms with van der Waals surface area (Å²) < 4.78 is 10.7. The maximum Gasteiger partial charge on any atom is 0.242 e. The second kappa shape index (κ2) is 8.80. The predicted octanol–water partition coefficient (Wildman–Crippen LogP) is 4.23. The number of methoxy groups -OCH3 is 2. The first-order valence-corrected chi connectivity index (χ1v) is 9.50. The van der Waals surface area contributed by atoms with Gasteiger partial charge in [0.2, 0.25) is 5.91 Å². The van der Waals surface area contributed by atoms with Crippen molar-refractivity contribution in [3.63, 3.8) is 0 Å². The molecule has 144 valence electrons. The maximum absolute atomic E-state index is 12.4. The topological polar surface area (TPSA) is 59.6 Å². The average Bonchev–Trinajstić information content (AvgIpc) is 3.21. The van der Waals surface area contributed by atoms with Gasteiger partial charge in [-0.15, -0.1) is 0 Å². The Morgan fingerprint density at radius 1 is 1.04 bits per heavy atom. The molecule has 0 bridgehead atoms. The molecule has 1 aliphatic carbocycles. The largest absolute Gasteiger partial charge is 0.497 e. The number of rotatable bonds is 7. The van der Waals surface area contributed by atoms with Crippen molar-refractivity contribution in [1.82, 2.24) is 5.32 Å². The lowest BCUT2D eigenvalue weighted by Crippen LogP contribution is -2.42. The molecule has 1 aliphatic rings. The molecule has 1 saturated carbocycles. The van der Waals surface area contributed by atoms with Crippen molar-refractivity contribution in [3.05, 3.63) is 42.5 Å². The zero-order valence-electron chi connectivity index (χ0n) is 16.2. The van der Waals surface area contributed by atoms with Crippen LogP contribution in [0.2, 0.25) is 0 Å². The molecule has 0 heterocycles. The van der Waals surface area contributed by atoms with Gasteiger partial charge in [-0.2, -0.15) is 0 Å². The molecule has 0 aliphatic heterocycles. The van der Waals surface area contributed by atoms with Crippen molar-refractivity contribution in [3.8, 4) is 22.6 Å². The van der Waals surface area contributed by atoms with Crippen molar-refractivity contribution in [2.45, 2.75) is 44.7 Å². The number of hydrogen-bond acceptors (Lipinski definition) is 4. The van der Waals surface area contributed by atoms with Crippen LogP contribution in [-0.2, 0) is 4.79 Å². The molecule has 1 atom stereocenters. The molecule has 1 fully saturated rings. The van der Waals surface area contributed by atoms with Crippen LogP contribution in [0.1, 0.15) is 32.6 Å². The van der Waals surface area contributed by atoms with Crippen molar-refractivity contribution in [2.24, 2.45) is 0 Å². The van der Waals surface area contributed by atoms with Crippen LogP contribution in [0.4, 0.5) is 5.69 Å². The molecule has 1 amide bonds. The Morgan fingerprint density at radius 2 is 1.74 bits per heavy atom. The first-order chi connectivity index (χ1) is 13.1. The Kier molecular flexibility index (Phi) is 6.22. The molecule has 0 aromatic heterocycles. The second-order valence-electron chi connectivity index (χ2n) is 7.00. The first-order valence-electron chi connectivity index (χ1n) is 9.50. The summed E-state index contributed by atoms with van der Waals surface area (Å²) in [7, 11) is 3.31. The predicted molar refractivity (Wildman–Crippen MR) is 108 cm³/mol. The fourth-order valence-corrected chi connectivity index (χ4v) is 3.51. The highest BCUT2D eigenvalue weighted by Crippen LogP contribution is 2.33. The molecule has 0 unspecified atom stereocenters. The minimum atomic E-state index is -0.303. The lowest BCUT2D eigenvalue weighted by Gasteiger charge is -2.19. The Labute approximate surface area is 161 Å². The molecule has 5 heteroatoms. The van der Waals surface area contributed by atoms with Gasteiger partial charge in [0, 0.05) is 17.3 Å². The zero-order chi connectivity index (χ0) is 19.2. The Balaban J connectivity index is 1.74.